The molecule has 0 aliphatic rings. The van der Waals surface area contributed by atoms with Crippen LogP contribution in [0.3, 0.4) is 0 Å². The van der Waals surface area contributed by atoms with Crippen LogP contribution in [-0.4, -0.2) is 9.13 Å². The molecular formula is C42H26N2S. The molecule has 3 heterocycles. The molecule has 0 aliphatic heterocycles. The van der Waals surface area contributed by atoms with Gasteiger partial charge in [-0.1, -0.05) is 109 Å². The fourth-order valence-corrected chi connectivity index (χ4v) is 8.68. The van der Waals surface area contributed by atoms with E-state index in [0.717, 1.165) is 0 Å². The molecule has 3 heteroatoms. The van der Waals surface area contributed by atoms with Crippen molar-refractivity contribution in [3.05, 3.63) is 158 Å². The van der Waals surface area contributed by atoms with Crippen LogP contribution in [0.1, 0.15) is 0 Å². The van der Waals surface area contributed by atoms with Gasteiger partial charge >= 0.3 is 0 Å². The molecule has 0 aliphatic carbocycles. The fourth-order valence-electron chi connectivity index (χ4n) is 7.42. The van der Waals surface area contributed by atoms with Crippen LogP contribution in [0.2, 0.25) is 0 Å². The van der Waals surface area contributed by atoms with Crippen molar-refractivity contribution in [1.82, 2.24) is 9.13 Å². The normalized spacial score (nSPS) is 12.0. The highest BCUT2D eigenvalue weighted by molar-refractivity contribution is 7.26. The SMILES string of the molecule is c1ccc(-c2cccc3c2sc2cccc(-n4c5ccccc5c5cc(-n6c7ccccc7c7ccccc76)ccc54)c23)cc1. The average molecular weight is 591 g/mol. The Kier molecular flexibility index (Phi) is 5.19. The van der Waals surface area contributed by atoms with E-state index in [0.29, 0.717) is 0 Å². The molecule has 2 nitrogen and oxygen atoms in total. The summed E-state index contributed by atoms with van der Waals surface area (Å²) in [4.78, 5) is 0. The Hall–Kier alpha value is -5.64. The predicted octanol–water partition coefficient (Wildman–Crippen LogP) is 11.9. The quantitative estimate of drug-likeness (QED) is 0.194. The van der Waals surface area contributed by atoms with Gasteiger partial charge in [0, 0.05) is 47.4 Å². The maximum Gasteiger partial charge on any atom is 0.0555 e. The molecule has 45 heavy (non-hydrogen) atoms. The van der Waals surface area contributed by atoms with E-state index in [9.17, 15) is 0 Å². The molecule has 210 valence electrons. The number of hydrogen-bond acceptors (Lipinski definition) is 1. The van der Waals surface area contributed by atoms with Crippen LogP contribution in [0.4, 0.5) is 0 Å². The van der Waals surface area contributed by atoms with E-state index in [4.69, 9.17) is 0 Å². The third-order valence-corrected chi connectivity index (χ3v) is 10.5. The van der Waals surface area contributed by atoms with Gasteiger partial charge in [0.2, 0.25) is 0 Å². The van der Waals surface area contributed by atoms with Gasteiger partial charge in [0.1, 0.15) is 0 Å². The molecule has 0 spiro atoms. The summed E-state index contributed by atoms with van der Waals surface area (Å²) in [7, 11) is 0. The van der Waals surface area contributed by atoms with E-state index in [2.05, 4.69) is 167 Å². The van der Waals surface area contributed by atoms with Crippen molar-refractivity contribution in [3.8, 4) is 22.5 Å². The van der Waals surface area contributed by atoms with Gasteiger partial charge in [-0.05, 0) is 59.7 Å². The number of thiophene rings is 1. The van der Waals surface area contributed by atoms with Crippen LogP contribution in [0, 0.1) is 0 Å². The zero-order valence-electron chi connectivity index (χ0n) is 24.3. The highest BCUT2D eigenvalue weighted by Gasteiger charge is 2.19. The summed E-state index contributed by atoms with van der Waals surface area (Å²) in [6, 6.07) is 57.6. The van der Waals surface area contributed by atoms with Crippen molar-refractivity contribution in [2.45, 2.75) is 0 Å². The van der Waals surface area contributed by atoms with Gasteiger partial charge in [-0.15, -0.1) is 11.3 Å². The van der Waals surface area contributed by atoms with Gasteiger partial charge in [0.05, 0.1) is 27.8 Å². The molecule has 0 saturated heterocycles. The van der Waals surface area contributed by atoms with E-state index in [1.165, 1.54) is 86.3 Å². The van der Waals surface area contributed by atoms with Crippen molar-refractivity contribution in [3.63, 3.8) is 0 Å². The average Bonchev–Trinajstić information content (AvgIpc) is 3.76. The molecule has 0 radical (unpaired) electrons. The van der Waals surface area contributed by atoms with Crippen molar-refractivity contribution < 1.29 is 0 Å². The number of hydrogen-bond donors (Lipinski definition) is 0. The molecule has 0 fully saturated rings. The molecular weight excluding hydrogens is 565 g/mol. The number of para-hydroxylation sites is 3. The Morgan fingerprint density at radius 2 is 0.978 bits per heavy atom. The summed E-state index contributed by atoms with van der Waals surface area (Å²) < 4.78 is 7.53. The predicted molar refractivity (Wildman–Crippen MR) is 193 cm³/mol. The maximum absolute atomic E-state index is 2.48. The second-order valence-corrected chi connectivity index (χ2v) is 12.8. The summed E-state index contributed by atoms with van der Waals surface area (Å²) >= 11 is 1.89. The summed E-state index contributed by atoms with van der Waals surface area (Å²) in [6.45, 7) is 0. The first-order valence-corrected chi connectivity index (χ1v) is 16.2. The van der Waals surface area contributed by atoms with E-state index >= 15 is 0 Å². The molecule has 0 amide bonds. The highest BCUT2D eigenvalue weighted by Crippen LogP contribution is 2.44. The van der Waals surface area contributed by atoms with Crippen LogP contribution in [0.15, 0.2) is 158 Å². The molecule has 10 aromatic rings. The fraction of sp³-hybridized carbons (Fsp3) is 0. The smallest absolute Gasteiger partial charge is 0.0555 e. The number of benzene rings is 7. The van der Waals surface area contributed by atoms with Crippen LogP contribution < -0.4 is 0 Å². The molecule has 0 bridgehead atoms. The summed E-state index contributed by atoms with van der Waals surface area (Å²) in [5.41, 5.74) is 9.83. The summed E-state index contributed by atoms with van der Waals surface area (Å²) in [6.07, 6.45) is 0. The lowest BCUT2D eigenvalue weighted by Gasteiger charge is -2.12. The zero-order valence-corrected chi connectivity index (χ0v) is 25.1. The topological polar surface area (TPSA) is 9.86 Å². The first-order valence-electron chi connectivity index (χ1n) is 15.4. The number of aromatic nitrogens is 2. The number of nitrogens with zero attached hydrogens (tertiary/aromatic N) is 2. The lowest BCUT2D eigenvalue weighted by Crippen LogP contribution is -1.96. The Morgan fingerprint density at radius 1 is 0.400 bits per heavy atom. The highest BCUT2D eigenvalue weighted by atomic mass is 32.1. The summed E-state index contributed by atoms with van der Waals surface area (Å²) in [5.74, 6) is 0. The zero-order chi connectivity index (χ0) is 29.5. The van der Waals surface area contributed by atoms with Crippen molar-refractivity contribution in [2.24, 2.45) is 0 Å². The van der Waals surface area contributed by atoms with Crippen molar-refractivity contribution >= 4 is 75.1 Å². The van der Waals surface area contributed by atoms with Gasteiger partial charge in [-0.3, -0.25) is 0 Å². The van der Waals surface area contributed by atoms with Crippen LogP contribution in [0.5, 0.6) is 0 Å². The van der Waals surface area contributed by atoms with Gasteiger partial charge in [-0.2, -0.15) is 0 Å². The summed E-state index contributed by atoms with van der Waals surface area (Å²) in [5, 5.41) is 7.69. The molecule has 3 aromatic heterocycles. The lowest BCUT2D eigenvalue weighted by atomic mass is 10.0. The van der Waals surface area contributed by atoms with Crippen molar-refractivity contribution in [1.29, 1.82) is 0 Å². The van der Waals surface area contributed by atoms with Crippen LogP contribution in [-0.2, 0) is 0 Å². The van der Waals surface area contributed by atoms with E-state index < -0.39 is 0 Å². The van der Waals surface area contributed by atoms with Gasteiger partial charge < -0.3 is 9.13 Å². The second-order valence-electron chi connectivity index (χ2n) is 11.7. The lowest BCUT2D eigenvalue weighted by molar-refractivity contribution is 1.17. The number of fused-ring (bicyclic) bond motifs is 9. The Bertz CT molecular complexity index is 2710. The molecule has 7 aromatic carbocycles. The third kappa shape index (κ3) is 3.50. The third-order valence-electron chi connectivity index (χ3n) is 9.32. The monoisotopic (exact) mass is 590 g/mol. The standard InChI is InChI=1S/C42H26N2S/c1-2-12-27(13-3-1)29-17-10-18-33-41-39(22-11-23-40(41)45-42(29)33)44-37-21-9-6-16-32(37)34-26-28(24-25-38(34)44)43-35-19-7-4-14-30(35)31-15-5-8-20-36(31)43/h1-26H. The first kappa shape index (κ1) is 24.8. The minimum atomic E-state index is 1.18. The van der Waals surface area contributed by atoms with Gasteiger partial charge in [0.25, 0.3) is 0 Å². The number of rotatable bonds is 3. The molecule has 0 saturated carbocycles. The first-order chi connectivity index (χ1) is 22.3. The Balaban J connectivity index is 1.27. The Morgan fingerprint density at radius 3 is 1.71 bits per heavy atom. The maximum atomic E-state index is 2.48. The largest absolute Gasteiger partial charge is 0.309 e. The Labute approximate surface area is 263 Å². The molecule has 0 unspecified atom stereocenters. The molecule has 0 atom stereocenters. The van der Waals surface area contributed by atoms with E-state index in [-0.39, 0.29) is 0 Å². The van der Waals surface area contributed by atoms with E-state index in [1.807, 2.05) is 11.3 Å². The second kappa shape index (κ2) is 9.43. The molecule has 0 N–H and O–H groups in total. The van der Waals surface area contributed by atoms with Crippen LogP contribution >= 0.6 is 11.3 Å². The van der Waals surface area contributed by atoms with Crippen LogP contribution in [0.25, 0.3) is 86.3 Å². The molecule has 10 rings (SSSR count). The minimum Gasteiger partial charge on any atom is -0.309 e. The van der Waals surface area contributed by atoms with E-state index in [1.54, 1.807) is 0 Å². The minimum absolute atomic E-state index is 1.18. The van der Waals surface area contributed by atoms with Gasteiger partial charge in [-0.25, -0.2) is 0 Å². The van der Waals surface area contributed by atoms with Gasteiger partial charge in [0.15, 0.2) is 0 Å². The van der Waals surface area contributed by atoms with Crippen molar-refractivity contribution in [2.75, 3.05) is 0 Å².